The topological polar surface area (TPSA) is 107 Å². The molecule has 1 unspecified atom stereocenters. The predicted octanol–water partition coefficient (Wildman–Crippen LogP) is 4.60. The molecule has 0 aliphatic heterocycles. The number of rotatable bonds is 6. The number of amides is 1. The second-order valence-electron chi connectivity index (χ2n) is 7.97. The molecule has 178 valence electrons. The molecule has 1 atom stereocenters. The molecule has 1 aromatic heterocycles. The van der Waals surface area contributed by atoms with E-state index in [1.807, 2.05) is 0 Å². The number of nitro benzene ring substituents is 1. The Morgan fingerprint density at radius 1 is 1.12 bits per heavy atom. The second-order valence-corrected chi connectivity index (χ2v) is 7.97. The van der Waals surface area contributed by atoms with Crippen molar-refractivity contribution in [2.45, 2.75) is 33.0 Å². The molecule has 2 aromatic carbocycles. The predicted molar refractivity (Wildman–Crippen MR) is 118 cm³/mol. The van der Waals surface area contributed by atoms with Crippen LogP contribution in [0, 0.1) is 23.0 Å². The quantitative estimate of drug-likeness (QED) is 0.415. The monoisotopic (exact) mass is 474 g/mol. The molecule has 0 aliphatic rings. The van der Waals surface area contributed by atoms with Gasteiger partial charge in [0.15, 0.2) is 5.69 Å². The van der Waals surface area contributed by atoms with Crippen molar-refractivity contribution >= 4 is 11.6 Å². The van der Waals surface area contributed by atoms with Gasteiger partial charge in [-0.1, -0.05) is 38.1 Å². The summed E-state index contributed by atoms with van der Waals surface area (Å²) in [4.78, 5) is 36.3. The fraction of sp³-hybridized carbons (Fsp3) is 0.261. The van der Waals surface area contributed by atoms with Gasteiger partial charge in [0.25, 0.3) is 11.6 Å². The Morgan fingerprint density at radius 3 is 2.41 bits per heavy atom. The zero-order chi connectivity index (χ0) is 25.2. The maximum absolute atomic E-state index is 13.2. The Labute approximate surface area is 192 Å². The van der Waals surface area contributed by atoms with Gasteiger partial charge in [0, 0.05) is 17.8 Å². The molecule has 0 saturated carbocycles. The zero-order valence-electron chi connectivity index (χ0n) is 18.5. The van der Waals surface area contributed by atoms with Crippen molar-refractivity contribution in [2.75, 3.05) is 0 Å². The van der Waals surface area contributed by atoms with E-state index in [-0.39, 0.29) is 28.6 Å². The van der Waals surface area contributed by atoms with Crippen LogP contribution in [-0.4, -0.2) is 20.6 Å². The third kappa shape index (κ3) is 5.13. The molecule has 8 nitrogen and oxygen atoms in total. The number of hydrogen-bond donors (Lipinski definition) is 1. The van der Waals surface area contributed by atoms with Crippen molar-refractivity contribution in [3.63, 3.8) is 0 Å². The lowest BCUT2D eigenvalue weighted by atomic mass is 9.94. The van der Waals surface area contributed by atoms with Gasteiger partial charge in [-0.3, -0.25) is 19.7 Å². The van der Waals surface area contributed by atoms with Gasteiger partial charge in [-0.15, -0.1) is 0 Å². The van der Waals surface area contributed by atoms with E-state index in [0.29, 0.717) is 0 Å². The summed E-state index contributed by atoms with van der Waals surface area (Å²) in [6, 6.07) is 10.5. The number of alkyl halides is 3. The largest absolute Gasteiger partial charge is 0.416 e. The van der Waals surface area contributed by atoms with Crippen molar-refractivity contribution in [2.24, 2.45) is 5.92 Å². The van der Waals surface area contributed by atoms with Gasteiger partial charge in [-0.05, 0) is 36.6 Å². The number of para-hydroxylation sites is 2. The van der Waals surface area contributed by atoms with E-state index < -0.39 is 39.7 Å². The first-order valence-electron chi connectivity index (χ1n) is 10.2. The highest BCUT2D eigenvalue weighted by molar-refractivity contribution is 5.92. The summed E-state index contributed by atoms with van der Waals surface area (Å²) < 4.78 is 40.6. The molecule has 0 aliphatic carbocycles. The van der Waals surface area contributed by atoms with Crippen LogP contribution in [0.15, 0.2) is 59.4 Å². The first-order valence-corrected chi connectivity index (χ1v) is 10.2. The Balaban J connectivity index is 2.02. The summed E-state index contributed by atoms with van der Waals surface area (Å²) in [5.41, 5.74) is -1.89. The molecule has 34 heavy (non-hydrogen) atoms. The van der Waals surface area contributed by atoms with Crippen molar-refractivity contribution in [1.29, 1.82) is 0 Å². The van der Waals surface area contributed by atoms with Crippen LogP contribution in [0.4, 0.5) is 18.9 Å². The summed E-state index contributed by atoms with van der Waals surface area (Å²) in [5.74, 6) is -1.23. The van der Waals surface area contributed by atoms with Gasteiger partial charge in [-0.2, -0.15) is 18.3 Å². The molecule has 0 saturated heterocycles. The van der Waals surface area contributed by atoms with Gasteiger partial charge in [0.05, 0.1) is 16.5 Å². The minimum atomic E-state index is -4.56. The molecule has 0 spiro atoms. The molecule has 1 amide bonds. The Morgan fingerprint density at radius 2 is 1.79 bits per heavy atom. The first-order chi connectivity index (χ1) is 15.9. The van der Waals surface area contributed by atoms with Crippen LogP contribution in [0.25, 0.3) is 5.69 Å². The molecule has 3 rings (SSSR count). The van der Waals surface area contributed by atoms with Gasteiger partial charge in [0.2, 0.25) is 5.43 Å². The van der Waals surface area contributed by atoms with E-state index in [0.717, 1.165) is 22.9 Å². The summed E-state index contributed by atoms with van der Waals surface area (Å²) in [7, 11) is 0. The number of nitro groups is 1. The number of nitrogens with zero attached hydrogens (tertiary/aromatic N) is 3. The number of nitrogens with one attached hydrogen (secondary N) is 1. The van der Waals surface area contributed by atoms with Crippen LogP contribution in [0.5, 0.6) is 0 Å². The van der Waals surface area contributed by atoms with Crippen LogP contribution in [0.3, 0.4) is 0 Å². The lowest BCUT2D eigenvalue weighted by Gasteiger charge is -2.23. The minimum absolute atomic E-state index is 0.0531. The number of aryl methyl sites for hydroxylation is 1. The average molecular weight is 474 g/mol. The number of carbonyl (C=O) groups is 1. The van der Waals surface area contributed by atoms with Crippen molar-refractivity contribution in [3.8, 4) is 5.69 Å². The first kappa shape index (κ1) is 24.6. The molecule has 3 aromatic rings. The number of hydrogen-bond acceptors (Lipinski definition) is 5. The number of benzene rings is 2. The number of carbonyl (C=O) groups excluding carboxylic acids is 1. The molecule has 0 radical (unpaired) electrons. The van der Waals surface area contributed by atoms with E-state index in [1.165, 1.54) is 37.3 Å². The molecule has 11 heteroatoms. The Kier molecular flexibility index (Phi) is 6.85. The van der Waals surface area contributed by atoms with E-state index in [4.69, 9.17) is 0 Å². The maximum Gasteiger partial charge on any atom is 0.416 e. The van der Waals surface area contributed by atoms with Gasteiger partial charge in [-0.25, -0.2) is 4.68 Å². The number of halogens is 3. The van der Waals surface area contributed by atoms with Crippen LogP contribution in [0.1, 0.15) is 47.2 Å². The van der Waals surface area contributed by atoms with Crippen molar-refractivity contribution in [3.05, 3.63) is 97.4 Å². The highest BCUT2D eigenvalue weighted by Crippen LogP contribution is 2.32. The molecule has 1 heterocycles. The summed E-state index contributed by atoms with van der Waals surface area (Å²) in [5, 5.41) is 18.1. The van der Waals surface area contributed by atoms with Crippen LogP contribution in [0.2, 0.25) is 0 Å². The normalized spacial score (nSPS) is 12.4. The highest BCUT2D eigenvalue weighted by atomic mass is 19.4. The third-order valence-electron chi connectivity index (χ3n) is 5.16. The third-order valence-corrected chi connectivity index (χ3v) is 5.16. The molecule has 0 fully saturated rings. The Hall–Kier alpha value is -4.02. The highest BCUT2D eigenvalue weighted by Gasteiger charge is 2.32. The van der Waals surface area contributed by atoms with E-state index in [9.17, 15) is 32.9 Å². The van der Waals surface area contributed by atoms with Crippen molar-refractivity contribution in [1.82, 2.24) is 15.1 Å². The van der Waals surface area contributed by atoms with E-state index in [1.54, 1.807) is 19.9 Å². The van der Waals surface area contributed by atoms with Gasteiger partial charge >= 0.3 is 6.18 Å². The van der Waals surface area contributed by atoms with Crippen LogP contribution in [-0.2, 0) is 6.18 Å². The minimum Gasteiger partial charge on any atom is -0.343 e. The second kappa shape index (κ2) is 9.46. The maximum atomic E-state index is 13.2. The van der Waals surface area contributed by atoms with Crippen molar-refractivity contribution < 1.29 is 22.9 Å². The standard InChI is InChI=1S/C23H21F3N4O4/c1-13(2)20(15-7-6-8-16(12-15)23(24,25)26)27-22(32)21-19(31)11-14(3)29(28-21)17-9-4-5-10-18(17)30(33)34/h4-13,20H,1-3H3,(H,27,32). The molecule has 1 N–H and O–H groups in total. The average Bonchev–Trinajstić information content (AvgIpc) is 2.76. The van der Waals surface area contributed by atoms with Gasteiger partial charge < -0.3 is 5.32 Å². The Bertz CT molecular complexity index is 1300. The SMILES string of the molecule is Cc1cc(=O)c(C(=O)NC(c2cccc(C(F)(F)F)c2)C(C)C)nn1-c1ccccc1[N+](=O)[O-]. The fourth-order valence-corrected chi connectivity index (χ4v) is 3.50. The summed E-state index contributed by atoms with van der Waals surface area (Å²) >= 11 is 0. The lowest BCUT2D eigenvalue weighted by molar-refractivity contribution is -0.384. The van der Waals surface area contributed by atoms with E-state index in [2.05, 4.69) is 10.4 Å². The molecular weight excluding hydrogens is 453 g/mol. The zero-order valence-corrected chi connectivity index (χ0v) is 18.5. The van der Waals surface area contributed by atoms with Crippen LogP contribution < -0.4 is 10.7 Å². The lowest BCUT2D eigenvalue weighted by Crippen LogP contribution is -2.36. The van der Waals surface area contributed by atoms with E-state index >= 15 is 0 Å². The molecule has 0 bridgehead atoms. The fourth-order valence-electron chi connectivity index (χ4n) is 3.50. The van der Waals surface area contributed by atoms with Gasteiger partial charge in [0.1, 0.15) is 5.69 Å². The molecular formula is C23H21F3N4O4. The number of aromatic nitrogens is 2. The summed E-state index contributed by atoms with van der Waals surface area (Å²) in [6.45, 7) is 4.92. The smallest absolute Gasteiger partial charge is 0.343 e. The van der Waals surface area contributed by atoms with Crippen LogP contribution >= 0.6 is 0 Å². The summed E-state index contributed by atoms with van der Waals surface area (Å²) in [6.07, 6.45) is -4.56.